The van der Waals surface area contributed by atoms with Gasteiger partial charge in [0.25, 0.3) is 5.91 Å². The lowest BCUT2D eigenvalue weighted by molar-refractivity contribution is 0.0593. The maximum atomic E-state index is 14.4. The summed E-state index contributed by atoms with van der Waals surface area (Å²) in [5.41, 5.74) is 0.0573. The Morgan fingerprint density at radius 3 is 2.62 bits per heavy atom. The number of hydrogen-bond donors (Lipinski definition) is 2. The number of hydrogen-bond acceptors (Lipinski definition) is 6. The molecule has 3 aromatic rings. The molecule has 1 unspecified atom stereocenters. The lowest BCUT2D eigenvalue weighted by Crippen LogP contribution is -2.41. The number of aromatic nitrogens is 4. The predicted octanol–water partition coefficient (Wildman–Crippen LogP) is 2.27. The van der Waals surface area contributed by atoms with Crippen LogP contribution in [0.4, 0.5) is 10.2 Å². The Bertz CT molecular complexity index is 1190. The average molecular weight is 468 g/mol. The van der Waals surface area contributed by atoms with E-state index in [4.69, 9.17) is 4.74 Å². The van der Waals surface area contributed by atoms with Gasteiger partial charge in [0.1, 0.15) is 22.7 Å². The Morgan fingerprint density at radius 1 is 1.26 bits per heavy atom. The largest absolute Gasteiger partial charge is 0.464 e. The number of carbonyl (C=O) groups excluding carboxylic acids is 2. The molecule has 180 valence electrons. The Hall–Kier alpha value is -3.37. The normalized spacial score (nSPS) is 20.0. The van der Waals surface area contributed by atoms with Crippen LogP contribution in [0.1, 0.15) is 66.2 Å². The third-order valence-electron chi connectivity index (χ3n) is 6.22. The van der Waals surface area contributed by atoms with Crippen molar-refractivity contribution in [2.24, 2.45) is 0 Å². The molecule has 1 aliphatic carbocycles. The van der Waals surface area contributed by atoms with Crippen LogP contribution < -0.4 is 10.6 Å². The number of methoxy groups -OCH3 is 1. The van der Waals surface area contributed by atoms with Crippen molar-refractivity contribution < 1.29 is 18.7 Å². The SMILES string of the molecule is BC(C)(F)c1cn2c(NC3CCC(NC(=O)c4cc(C(=O)OC)nn4CC)CC3)cccc2n1. The first-order valence-electron chi connectivity index (χ1n) is 11.6. The van der Waals surface area contributed by atoms with E-state index in [1.165, 1.54) is 32.6 Å². The van der Waals surface area contributed by atoms with Crippen molar-refractivity contribution in [2.75, 3.05) is 12.4 Å². The lowest BCUT2D eigenvalue weighted by Gasteiger charge is -2.30. The van der Waals surface area contributed by atoms with Crippen LogP contribution in [-0.2, 0) is 16.8 Å². The van der Waals surface area contributed by atoms with Crippen molar-refractivity contribution >= 4 is 31.2 Å². The molecule has 1 amide bonds. The summed E-state index contributed by atoms with van der Waals surface area (Å²) in [6.07, 6.45) is 5.12. The maximum absolute atomic E-state index is 14.4. The summed E-state index contributed by atoms with van der Waals surface area (Å²) in [5.74, 6) is 0.0589. The fourth-order valence-electron chi connectivity index (χ4n) is 4.31. The van der Waals surface area contributed by atoms with Gasteiger partial charge < -0.3 is 15.4 Å². The fourth-order valence-corrected chi connectivity index (χ4v) is 4.31. The molecule has 3 aromatic heterocycles. The molecular weight excluding hydrogens is 438 g/mol. The molecule has 1 atom stereocenters. The van der Waals surface area contributed by atoms with E-state index in [2.05, 4.69) is 20.7 Å². The number of carbonyl (C=O) groups is 2. The second kappa shape index (κ2) is 9.48. The minimum atomic E-state index is -1.51. The predicted molar refractivity (Wildman–Crippen MR) is 129 cm³/mol. The van der Waals surface area contributed by atoms with E-state index in [0.717, 1.165) is 31.5 Å². The van der Waals surface area contributed by atoms with E-state index in [0.29, 0.717) is 23.6 Å². The second-order valence-electron chi connectivity index (χ2n) is 9.13. The number of imidazole rings is 1. The number of halogens is 1. The fraction of sp³-hybridized carbons (Fsp3) is 0.478. The quantitative estimate of drug-likeness (QED) is 0.408. The van der Waals surface area contributed by atoms with Gasteiger partial charge in [0.15, 0.2) is 13.5 Å². The van der Waals surface area contributed by atoms with E-state index < -0.39 is 11.5 Å². The Labute approximate surface area is 198 Å². The van der Waals surface area contributed by atoms with Gasteiger partial charge in [-0.2, -0.15) is 5.10 Å². The van der Waals surface area contributed by atoms with Crippen LogP contribution in [0.15, 0.2) is 30.5 Å². The Balaban J connectivity index is 1.37. The number of alkyl halides is 1. The summed E-state index contributed by atoms with van der Waals surface area (Å²) in [4.78, 5) is 29.0. The summed E-state index contributed by atoms with van der Waals surface area (Å²) in [6, 6.07) is 7.47. The molecular formula is C23H30BFN6O3. The molecule has 0 spiro atoms. The third-order valence-corrected chi connectivity index (χ3v) is 6.22. The molecule has 34 heavy (non-hydrogen) atoms. The molecule has 3 heterocycles. The van der Waals surface area contributed by atoms with E-state index >= 15 is 0 Å². The monoisotopic (exact) mass is 468 g/mol. The summed E-state index contributed by atoms with van der Waals surface area (Å²) in [6.45, 7) is 3.83. The minimum Gasteiger partial charge on any atom is -0.464 e. The molecule has 9 nitrogen and oxygen atoms in total. The summed E-state index contributed by atoms with van der Waals surface area (Å²) in [5, 5.41) is 10.8. The van der Waals surface area contributed by atoms with Crippen LogP contribution in [0.25, 0.3) is 5.65 Å². The number of fused-ring (bicyclic) bond motifs is 1. The molecule has 4 rings (SSSR count). The highest BCUT2D eigenvalue weighted by Crippen LogP contribution is 2.26. The molecule has 1 saturated carbocycles. The maximum Gasteiger partial charge on any atom is 0.358 e. The van der Waals surface area contributed by atoms with Crippen molar-refractivity contribution in [1.29, 1.82) is 0 Å². The first-order chi connectivity index (χ1) is 16.2. The van der Waals surface area contributed by atoms with E-state index in [1.54, 1.807) is 6.20 Å². The standard InChI is InChI=1S/C23H30BFN6O3/c1-4-31-17(12-16(29-31)22(33)34-3)21(32)27-15-10-8-14(9-11-15)26-19-6-5-7-20-28-18(13-30(19)20)23(2,24)25/h5-7,12-15,26H,4,8-11,24H2,1-3H3,(H,27,32). The lowest BCUT2D eigenvalue weighted by atomic mass is 9.83. The first kappa shape index (κ1) is 23.8. The zero-order chi connectivity index (χ0) is 24.5. The highest BCUT2D eigenvalue weighted by molar-refractivity contribution is 6.14. The van der Waals surface area contributed by atoms with Crippen LogP contribution in [0.3, 0.4) is 0 Å². The van der Waals surface area contributed by atoms with Gasteiger partial charge in [-0.15, -0.1) is 0 Å². The molecule has 0 radical (unpaired) electrons. The van der Waals surface area contributed by atoms with E-state index in [-0.39, 0.29) is 23.7 Å². The number of esters is 1. The number of nitrogens with zero attached hydrogens (tertiary/aromatic N) is 4. The van der Waals surface area contributed by atoms with E-state index in [1.807, 2.05) is 29.5 Å². The highest BCUT2D eigenvalue weighted by Gasteiger charge is 2.26. The zero-order valence-electron chi connectivity index (χ0n) is 20.0. The van der Waals surface area contributed by atoms with E-state index in [9.17, 15) is 14.0 Å². The highest BCUT2D eigenvalue weighted by atomic mass is 19.1. The van der Waals surface area contributed by atoms with Crippen LogP contribution in [-0.4, -0.2) is 58.1 Å². The van der Waals surface area contributed by atoms with Gasteiger partial charge in [-0.3, -0.25) is 13.9 Å². The molecule has 1 aliphatic rings. The van der Waals surface area contributed by atoms with Crippen LogP contribution in [0, 0.1) is 0 Å². The number of anilines is 1. The summed E-state index contributed by atoms with van der Waals surface area (Å²) >= 11 is 0. The first-order valence-corrected chi connectivity index (χ1v) is 11.6. The van der Waals surface area contributed by atoms with Gasteiger partial charge in [-0.1, -0.05) is 6.07 Å². The number of ether oxygens (including phenoxy) is 1. The number of aryl methyl sites for hydroxylation is 1. The topological polar surface area (TPSA) is 103 Å². The van der Waals surface area contributed by atoms with Crippen molar-refractivity contribution in [3.63, 3.8) is 0 Å². The molecule has 1 fully saturated rings. The Kier molecular flexibility index (Phi) is 6.63. The van der Waals surface area contributed by atoms with Gasteiger partial charge in [0, 0.05) is 30.9 Å². The molecule has 11 heteroatoms. The van der Waals surface area contributed by atoms with Crippen LogP contribution in [0.2, 0.25) is 0 Å². The van der Waals surface area contributed by atoms with Crippen molar-refractivity contribution in [3.05, 3.63) is 47.5 Å². The van der Waals surface area contributed by atoms with Gasteiger partial charge in [0.2, 0.25) is 0 Å². The third kappa shape index (κ3) is 4.93. The second-order valence-corrected chi connectivity index (χ2v) is 9.13. The molecule has 0 saturated heterocycles. The number of amides is 1. The smallest absolute Gasteiger partial charge is 0.358 e. The number of rotatable bonds is 7. The van der Waals surface area contributed by atoms with Gasteiger partial charge in [-0.25, -0.2) is 14.2 Å². The van der Waals surface area contributed by atoms with Crippen molar-refractivity contribution in [3.8, 4) is 0 Å². The van der Waals surface area contributed by atoms with Crippen molar-refractivity contribution in [2.45, 2.75) is 63.7 Å². The van der Waals surface area contributed by atoms with Gasteiger partial charge in [-0.05, 0) is 51.7 Å². The molecule has 2 N–H and O–H groups in total. The molecule has 0 bridgehead atoms. The number of pyridine rings is 1. The number of nitrogens with one attached hydrogen (secondary N) is 2. The van der Waals surface area contributed by atoms with Crippen LogP contribution in [0.5, 0.6) is 0 Å². The average Bonchev–Trinajstić information content (AvgIpc) is 3.45. The summed E-state index contributed by atoms with van der Waals surface area (Å²) in [7, 11) is 2.79. The van der Waals surface area contributed by atoms with Gasteiger partial charge >= 0.3 is 5.97 Å². The zero-order valence-corrected chi connectivity index (χ0v) is 20.0. The van der Waals surface area contributed by atoms with Gasteiger partial charge in [0.05, 0.1) is 12.8 Å². The Morgan fingerprint density at radius 2 is 1.97 bits per heavy atom. The van der Waals surface area contributed by atoms with Crippen molar-refractivity contribution in [1.82, 2.24) is 24.5 Å². The molecule has 0 aromatic carbocycles. The summed E-state index contributed by atoms with van der Waals surface area (Å²) < 4.78 is 22.5. The van der Waals surface area contributed by atoms with Crippen LogP contribution >= 0.6 is 0 Å². The minimum absolute atomic E-state index is 0.0373. The molecule has 0 aliphatic heterocycles.